The largest absolute Gasteiger partial charge is 0.494 e. The molecular weight excluding hydrogens is 488 g/mol. The molecule has 1 aliphatic rings. The zero-order valence-electron chi connectivity index (χ0n) is 13.0. The van der Waals surface area contributed by atoms with E-state index in [9.17, 15) is 0 Å². The number of hydrogen-bond donors (Lipinski definition) is 2. The molecule has 0 amide bonds. The summed E-state index contributed by atoms with van der Waals surface area (Å²) in [6, 6.07) is 6.37. The Morgan fingerprint density at radius 1 is 1.24 bits per heavy atom. The monoisotopic (exact) mass is 515 g/mol. The standard InChI is InChI=1S/C16H21NO.CH4O.U.H2/c1-2-18-13-8-9-16-14(10-13)15(11-17-16)12-6-4-3-5-7-12;1-2;;/h8-12,17H,2-7H2,1H3;2H,1H3;;1H. The van der Waals surface area contributed by atoms with Crippen LogP contribution in [0.15, 0.2) is 24.4 Å². The minimum atomic E-state index is 0. The molecule has 1 fully saturated rings. The normalized spacial score (nSPS) is 15.0. The van der Waals surface area contributed by atoms with E-state index in [1.807, 2.05) is 13.0 Å². The van der Waals surface area contributed by atoms with Gasteiger partial charge in [0.05, 0.1) is 6.61 Å². The van der Waals surface area contributed by atoms with Gasteiger partial charge in [0, 0.05) is 56.7 Å². The molecule has 2 aromatic rings. The Hall–Kier alpha value is -0.428. The van der Waals surface area contributed by atoms with Crippen molar-refractivity contribution < 1.29 is 42.4 Å². The number of H-pyrrole nitrogens is 1. The molecule has 0 spiro atoms. The summed E-state index contributed by atoms with van der Waals surface area (Å²) >= 11 is 0. The average molecular weight is 515 g/mol. The molecule has 0 unspecified atom stereocenters. The first-order chi connectivity index (χ1) is 9.88. The Labute approximate surface area is 152 Å². The van der Waals surface area contributed by atoms with Crippen molar-refractivity contribution in [1.29, 1.82) is 0 Å². The molecule has 3 rings (SSSR count). The number of aromatic nitrogens is 1. The second-order valence-corrected chi connectivity index (χ2v) is 5.22. The van der Waals surface area contributed by atoms with Crippen molar-refractivity contribution in [2.45, 2.75) is 44.9 Å². The van der Waals surface area contributed by atoms with Crippen LogP contribution in [0.5, 0.6) is 5.75 Å². The fourth-order valence-corrected chi connectivity index (χ4v) is 3.13. The van der Waals surface area contributed by atoms with Crippen molar-refractivity contribution in [3.8, 4) is 5.75 Å². The molecule has 21 heavy (non-hydrogen) atoms. The smallest absolute Gasteiger partial charge is 0.120 e. The summed E-state index contributed by atoms with van der Waals surface area (Å²) in [5.41, 5.74) is 2.73. The maximum absolute atomic E-state index is 7.00. The van der Waals surface area contributed by atoms with Crippen LogP contribution in [0, 0.1) is 31.1 Å². The third-order valence-electron chi connectivity index (χ3n) is 4.04. The van der Waals surface area contributed by atoms with Gasteiger partial charge in [0.1, 0.15) is 5.75 Å². The molecule has 1 aromatic heterocycles. The van der Waals surface area contributed by atoms with E-state index in [1.54, 1.807) is 0 Å². The number of fused-ring (bicyclic) bond motifs is 1. The van der Waals surface area contributed by atoms with Crippen molar-refractivity contribution in [1.82, 2.24) is 4.98 Å². The predicted molar refractivity (Wildman–Crippen MR) is 85.6 cm³/mol. The van der Waals surface area contributed by atoms with Gasteiger partial charge in [0.2, 0.25) is 0 Å². The van der Waals surface area contributed by atoms with E-state index in [2.05, 4.69) is 23.3 Å². The maximum Gasteiger partial charge on any atom is 0.120 e. The summed E-state index contributed by atoms with van der Waals surface area (Å²) < 4.78 is 5.61. The molecular formula is C17H27NO2U. The second kappa shape index (κ2) is 9.56. The van der Waals surface area contributed by atoms with Crippen molar-refractivity contribution in [3.05, 3.63) is 30.0 Å². The third kappa shape index (κ3) is 4.52. The van der Waals surface area contributed by atoms with E-state index in [0.29, 0.717) is 0 Å². The third-order valence-corrected chi connectivity index (χ3v) is 4.04. The number of benzene rings is 1. The van der Waals surface area contributed by atoms with E-state index >= 15 is 0 Å². The number of nitrogens with one attached hydrogen (secondary N) is 1. The summed E-state index contributed by atoms with van der Waals surface area (Å²) in [5.74, 6) is 1.73. The summed E-state index contributed by atoms with van der Waals surface area (Å²) in [4.78, 5) is 3.40. The van der Waals surface area contributed by atoms with Crippen LogP contribution in [0.4, 0.5) is 0 Å². The molecule has 4 heteroatoms. The van der Waals surface area contributed by atoms with Gasteiger partial charge in [-0.2, -0.15) is 0 Å². The van der Waals surface area contributed by atoms with Crippen molar-refractivity contribution >= 4 is 10.9 Å². The molecule has 1 heterocycles. The fourth-order valence-electron chi connectivity index (χ4n) is 3.13. The fraction of sp³-hybridized carbons (Fsp3) is 0.529. The van der Waals surface area contributed by atoms with E-state index in [1.165, 1.54) is 48.6 Å². The molecule has 0 saturated heterocycles. The van der Waals surface area contributed by atoms with Gasteiger partial charge in [-0.15, -0.1) is 0 Å². The average Bonchev–Trinajstić information content (AvgIpc) is 2.94. The Morgan fingerprint density at radius 2 is 1.95 bits per heavy atom. The van der Waals surface area contributed by atoms with Crippen LogP contribution in [0.2, 0.25) is 0 Å². The summed E-state index contributed by atoms with van der Waals surface area (Å²) in [7, 11) is 1.00. The predicted octanol–water partition coefficient (Wildman–Crippen LogP) is 4.47. The number of aromatic amines is 1. The van der Waals surface area contributed by atoms with Gasteiger partial charge in [-0.3, -0.25) is 0 Å². The first kappa shape index (κ1) is 18.6. The Balaban J connectivity index is 0.00000106. The molecule has 0 radical (unpaired) electrons. The van der Waals surface area contributed by atoms with Crippen LogP contribution in [-0.2, 0) is 0 Å². The van der Waals surface area contributed by atoms with Crippen molar-refractivity contribution in [2.24, 2.45) is 0 Å². The Bertz CT molecular complexity index is 538. The van der Waals surface area contributed by atoms with Crippen LogP contribution >= 0.6 is 0 Å². The van der Waals surface area contributed by atoms with Gasteiger partial charge < -0.3 is 14.8 Å². The summed E-state index contributed by atoms with van der Waals surface area (Å²) in [6.45, 7) is 2.76. The summed E-state index contributed by atoms with van der Waals surface area (Å²) in [5, 5.41) is 8.35. The van der Waals surface area contributed by atoms with Crippen LogP contribution in [0.25, 0.3) is 10.9 Å². The topological polar surface area (TPSA) is 45.2 Å². The number of ether oxygens (including phenoxy) is 1. The van der Waals surface area contributed by atoms with Gasteiger partial charge in [0.15, 0.2) is 0 Å². The van der Waals surface area contributed by atoms with E-state index in [0.717, 1.165) is 25.4 Å². The zero-order valence-corrected chi connectivity index (χ0v) is 17.1. The Kier molecular flexibility index (Phi) is 8.48. The minimum absolute atomic E-state index is 0. The Morgan fingerprint density at radius 3 is 2.62 bits per heavy atom. The minimum Gasteiger partial charge on any atom is -0.494 e. The van der Waals surface area contributed by atoms with Crippen molar-refractivity contribution in [2.75, 3.05) is 13.7 Å². The number of rotatable bonds is 3. The molecule has 0 atom stereocenters. The van der Waals surface area contributed by atoms with Crippen LogP contribution in [-0.4, -0.2) is 23.8 Å². The number of hydrogen-bond acceptors (Lipinski definition) is 2. The molecule has 1 aliphatic carbocycles. The summed E-state index contributed by atoms with van der Waals surface area (Å²) in [6.07, 6.45) is 9.04. The quantitative estimate of drug-likeness (QED) is 0.634. The van der Waals surface area contributed by atoms with Gasteiger partial charge >= 0.3 is 0 Å². The van der Waals surface area contributed by atoms with E-state index < -0.39 is 0 Å². The first-order valence-corrected chi connectivity index (χ1v) is 7.57. The van der Waals surface area contributed by atoms with Gasteiger partial charge in [0.25, 0.3) is 0 Å². The van der Waals surface area contributed by atoms with Gasteiger partial charge in [-0.1, -0.05) is 19.3 Å². The van der Waals surface area contributed by atoms with Crippen molar-refractivity contribution in [3.63, 3.8) is 0 Å². The maximum atomic E-state index is 7.00. The van der Waals surface area contributed by atoms with Gasteiger partial charge in [-0.25, -0.2) is 0 Å². The van der Waals surface area contributed by atoms with E-state index in [4.69, 9.17) is 9.84 Å². The van der Waals surface area contributed by atoms with Crippen LogP contribution in [0.1, 0.15) is 51.9 Å². The van der Waals surface area contributed by atoms with E-state index in [-0.39, 0.29) is 32.5 Å². The first-order valence-electron chi connectivity index (χ1n) is 7.57. The van der Waals surface area contributed by atoms with Crippen LogP contribution < -0.4 is 4.74 Å². The molecule has 1 aromatic carbocycles. The number of aliphatic hydroxyl groups is 1. The second-order valence-electron chi connectivity index (χ2n) is 5.22. The van der Waals surface area contributed by atoms with Gasteiger partial charge in [-0.05, 0) is 49.4 Å². The SMILES string of the molecule is CCOc1ccc2[nH]cc(C3CCCCC3)c2c1.CO.[HH].[U]. The number of aliphatic hydroxyl groups excluding tert-OH is 1. The molecule has 3 nitrogen and oxygen atoms in total. The van der Waals surface area contributed by atoms with Crippen LogP contribution in [0.3, 0.4) is 0 Å². The molecule has 0 aliphatic heterocycles. The zero-order chi connectivity index (χ0) is 14.4. The molecule has 2 N–H and O–H groups in total. The molecule has 116 valence electrons. The molecule has 1 saturated carbocycles. The molecule has 0 bridgehead atoms.